The zero-order valence-electron chi connectivity index (χ0n) is 13.5. The van der Waals surface area contributed by atoms with Crippen molar-refractivity contribution in [3.05, 3.63) is 65.7 Å². The molecule has 0 aliphatic carbocycles. The highest BCUT2D eigenvalue weighted by atomic mass is 16.5. The maximum absolute atomic E-state index is 9.59. The Morgan fingerprint density at radius 1 is 0.909 bits per heavy atom. The largest absolute Gasteiger partial charge is 0.491 e. The van der Waals surface area contributed by atoms with E-state index in [9.17, 15) is 5.11 Å². The minimum atomic E-state index is -0.606. The van der Waals surface area contributed by atoms with Crippen LogP contribution in [-0.4, -0.2) is 31.5 Å². The molecule has 2 aromatic rings. The number of benzene rings is 2. The number of methoxy groups -OCH3 is 1. The van der Waals surface area contributed by atoms with Crippen molar-refractivity contribution in [2.45, 2.75) is 25.4 Å². The van der Waals surface area contributed by atoms with Crippen molar-refractivity contribution >= 4 is 0 Å². The van der Waals surface area contributed by atoms with Gasteiger partial charge in [0.15, 0.2) is 0 Å². The van der Waals surface area contributed by atoms with Gasteiger partial charge in [0.05, 0.1) is 6.61 Å². The molecule has 118 valence electrons. The fourth-order valence-corrected chi connectivity index (χ4v) is 2.42. The van der Waals surface area contributed by atoms with Crippen molar-refractivity contribution in [1.82, 2.24) is 0 Å². The molecule has 2 rings (SSSR count). The van der Waals surface area contributed by atoms with Crippen molar-refractivity contribution in [2.24, 2.45) is 0 Å². The second-order valence-electron chi connectivity index (χ2n) is 5.94. The highest BCUT2D eigenvalue weighted by Gasteiger charge is 2.22. The number of aliphatic hydroxyl groups excluding tert-OH is 1. The Bertz CT molecular complexity index is 561. The quantitative estimate of drug-likeness (QED) is 0.852. The van der Waals surface area contributed by atoms with E-state index >= 15 is 0 Å². The molecule has 22 heavy (non-hydrogen) atoms. The van der Waals surface area contributed by atoms with E-state index in [2.05, 4.69) is 50.2 Å². The lowest BCUT2D eigenvalue weighted by Gasteiger charge is -2.26. The lowest BCUT2D eigenvalue weighted by Crippen LogP contribution is -2.22. The number of hydrogen-bond donors (Lipinski definition) is 1. The molecule has 0 aliphatic heterocycles. The molecule has 0 aromatic heterocycles. The molecule has 0 amide bonds. The maximum Gasteiger partial charge on any atom is 0.119 e. The Labute approximate surface area is 132 Å². The van der Waals surface area contributed by atoms with Crippen LogP contribution in [0.3, 0.4) is 0 Å². The fraction of sp³-hybridized carbons (Fsp3) is 0.368. The van der Waals surface area contributed by atoms with Gasteiger partial charge in [-0.25, -0.2) is 0 Å². The fourth-order valence-electron chi connectivity index (χ4n) is 2.42. The van der Waals surface area contributed by atoms with Crippen molar-refractivity contribution < 1.29 is 14.6 Å². The first-order chi connectivity index (χ1) is 10.5. The van der Waals surface area contributed by atoms with Crippen molar-refractivity contribution in [3.8, 4) is 5.75 Å². The van der Waals surface area contributed by atoms with Crippen LogP contribution >= 0.6 is 0 Å². The van der Waals surface area contributed by atoms with E-state index in [-0.39, 0.29) is 18.6 Å². The number of ether oxygens (including phenoxy) is 2. The van der Waals surface area contributed by atoms with Gasteiger partial charge in [0.2, 0.25) is 0 Å². The molecule has 0 radical (unpaired) electrons. The predicted octanol–water partition coefficient (Wildman–Crippen LogP) is 3.40. The Hall–Kier alpha value is -1.84. The molecule has 0 saturated heterocycles. The SMILES string of the molecule is COCC(O)COc1ccc(C(C)(C)c2ccccc2)cc1. The second kappa shape index (κ2) is 7.43. The summed E-state index contributed by atoms with van der Waals surface area (Å²) in [5, 5.41) is 9.59. The second-order valence-corrected chi connectivity index (χ2v) is 5.94. The van der Waals surface area contributed by atoms with Crippen LogP contribution in [0.4, 0.5) is 0 Å². The van der Waals surface area contributed by atoms with Gasteiger partial charge in [0.1, 0.15) is 18.5 Å². The van der Waals surface area contributed by atoms with Crippen molar-refractivity contribution in [1.29, 1.82) is 0 Å². The third-order valence-corrected chi connectivity index (χ3v) is 3.87. The summed E-state index contributed by atoms with van der Waals surface area (Å²) in [5.74, 6) is 0.753. The molecule has 1 N–H and O–H groups in total. The first-order valence-corrected chi connectivity index (χ1v) is 7.50. The predicted molar refractivity (Wildman–Crippen MR) is 88.4 cm³/mol. The van der Waals surface area contributed by atoms with Gasteiger partial charge in [-0.2, -0.15) is 0 Å². The Kier molecular flexibility index (Phi) is 5.58. The van der Waals surface area contributed by atoms with Gasteiger partial charge in [-0.15, -0.1) is 0 Å². The molecule has 0 saturated carbocycles. The van der Waals surface area contributed by atoms with Gasteiger partial charge in [-0.05, 0) is 23.3 Å². The first kappa shape index (κ1) is 16.5. The molecule has 2 aromatic carbocycles. The maximum atomic E-state index is 9.59. The summed E-state index contributed by atoms with van der Waals surface area (Å²) in [6, 6.07) is 18.5. The van der Waals surface area contributed by atoms with Gasteiger partial charge in [-0.1, -0.05) is 56.3 Å². The summed E-state index contributed by atoms with van der Waals surface area (Å²) < 4.78 is 10.4. The molecule has 0 bridgehead atoms. The van der Waals surface area contributed by atoms with Crippen molar-refractivity contribution in [2.75, 3.05) is 20.3 Å². The van der Waals surface area contributed by atoms with Gasteiger partial charge in [0, 0.05) is 12.5 Å². The Morgan fingerprint density at radius 2 is 1.50 bits per heavy atom. The van der Waals surface area contributed by atoms with E-state index in [1.807, 2.05) is 18.2 Å². The van der Waals surface area contributed by atoms with Crippen LogP contribution in [0.5, 0.6) is 5.75 Å². The van der Waals surface area contributed by atoms with Crippen LogP contribution in [0.2, 0.25) is 0 Å². The summed E-state index contributed by atoms with van der Waals surface area (Å²) in [5.41, 5.74) is 2.44. The molecule has 0 heterocycles. The molecule has 0 aliphatic rings. The molecule has 1 unspecified atom stereocenters. The Morgan fingerprint density at radius 3 is 2.09 bits per heavy atom. The topological polar surface area (TPSA) is 38.7 Å². The van der Waals surface area contributed by atoms with Crippen LogP contribution in [0.15, 0.2) is 54.6 Å². The lowest BCUT2D eigenvalue weighted by molar-refractivity contribution is 0.0325. The molecular weight excluding hydrogens is 276 g/mol. The van der Waals surface area contributed by atoms with E-state index < -0.39 is 6.10 Å². The van der Waals surface area contributed by atoms with E-state index in [0.717, 1.165) is 5.75 Å². The van der Waals surface area contributed by atoms with Crippen LogP contribution < -0.4 is 4.74 Å². The van der Waals surface area contributed by atoms with Crippen LogP contribution in [-0.2, 0) is 10.2 Å². The lowest BCUT2D eigenvalue weighted by atomic mass is 9.78. The van der Waals surface area contributed by atoms with Crippen LogP contribution in [0.1, 0.15) is 25.0 Å². The van der Waals surface area contributed by atoms with E-state index in [4.69, 9.17) is 9.47 Å². The normalized spacial score (nSPS) is 12.9. The average Bonchev–Trinajstić information content (AvgIpc) is 2.54. The smallest absolute Gasteiger partial charge is 0.119 e. The average molecular weight is 300 g/mol. The highest BCUT2D eigenvalue weighted by molar-refractivity contribution is 5.39. The molecule has 3 nitrogen and oxygen atoms in total. The Balaban J connectivity index is 2.05. The third kappa shape index (κ3) is 4.09. The van der Waals surface area contributed by atoms with Crippen molar-refractivity contribution in [3.63, 3.8) is 0 Å². The number of hydrogen-bond acceptors (Lipinski definition) is 3. The molecular formula is C19H24O3. The van der Waals surface area contributed by atoms with Gasteiger partial charge < -0.3 is 14.6 Å². The zero-order valence-corrected chi connectivity index (χ0v) is 13.5. The van der Waals surface area contributed by atoms with E-state index in [1.54, 1.807) is 7.11 Å². The van der Waals surface area contributed by atoms with Crippen LogP contribution in [0, 0.1) is 0 Å². The van der Waals surface area contributed by atoms with E-state index in [0.29, 0.717) is 0 Å². The van der Waals surface area contributed by atoms with E-state index in [1.165, 1.54) is 11.1 Å². The summed E-state index contributed by atoms with van der Waals surface area (Å²) >= 11 is 0. The zero-order chi connectivity index (χ0) is 16.0. The molecule has 0 fully saturated rings. The monoisotopic (exact) mass is 300 g/mol. The minimum absolute atomic E-state index is 0.0602. The number of rotatable bonds is 7. The standard InChI is InChI=1S/C19H24O3/c1-19(2,15-7-5-4-6-8-15)16-9-11-18(12-10-16)22-14-17(20)13-21-3/h4-12,17,20H,13-14H2,1-3H3. The summed E-state index contributed by atoms with van der Waals surface area (Å²) in [4.78, 5) is 0. The highest BCUT2D eigenvalue weighted by Crippen LogP contribution is 2.32. The first-order valence-electron chi connectivity index (χ1n) is 7.50. The van der Waals surface area contributed by atoms with Gasteiger partial charge in [0.25, 0.3) is 0 Å². The number of aliphatic hydroxyl groups is 1. The summed E-state index contributed by atoms with van der Waals surface area (Å²) in [6.07, 6.45) is -0.606. The summed E-state index contributed by atoms with van der Waals surface area (Å²) in [7, 11) is 1.56. The van der Waals surface area contributed by atoms with Crippen LogP contribution in [0.25, 0.3) is 0 Å². The minimum Gasteiger partial charge on any atom is -0.491 e. The molecule has 1 atom stereocenters. The molecule has 0 spiro atoms. The molecule has 3 heteroatoms. The van der Waals surface area contributed by atoms with Gasteiger partial charge in [-0.3, -0.25) is 0 Å². The summed E-state index contributed by atoms with van der Waals surface area (Å²) in [6.45, 7) is 4.93. The third-order valence-electron chi connectivity index (χ3n) is 3.87. The van der Waals surface area contributed by atoms with Gasteiger partial charge >= 0.3 is 0 Å².